The predicted molar refractivity (Wildman–Crippen MR) is 104 cm³/mol. The van der Waals surface area contributed by atoms with Crippen LogP contribution < -0.4 is 15.4 Å². The van der Waals surface area contributed by atoms with Crippen LogP contribution in [0.2, 0.25) is 0 Å². The van der Waals surface area contributed by atoms with Crippen LogP contribution in [0.1, 0.15) is 33.3 Å². The zero-order valence-corrected chi connectivity index (χ0v) is 16.1. The monoisotopic (exact) mass is 370 g/mol. The third-order valence-corrected chi connectivity index (χ3v) is 3.47. The van der Waals surface area contributed by atoms with E-state index >= 15 is 0 Å². The van der Waals surface area contributed by atoms with Crippen molar-refractivity contribution in [1.29, 1.82) is 0 Å². The second-order valence-corrected chi connectivity index (χ2v) is 7.15. The maximum absolute atomic E-state index is 12.2. The zero-order chi connectivity index (χ0) is 19.9. The average molecular weight is 370 g/mol. The fraction of sp³-hybridized carbons (Fsp3) is 0.333. The molecule has 0 heterocycles. The molecule has 144 valence electrons. The van der Waals surface area contributed by atoms with Gasteiger partial charge in [-0.05, 0) is 57.5 Å². The first-order valence-corrected chi connectivity index (χ1v) is 8.82. The largest absolute Gasteiger partial charge is 0.457 e. The van der Waals surface area contributed by atoms with Gasteiger partial charge in [0.2, 0.25) is 5.91 Å². The Bertz CT molecular complexity index is 769. The van der Waals surface area contributed by atoms with Crippen LogP contribution in [0.4, 0.5) is 4.79 Å². The SMILES string of the molecule is C[C@@H](NC(=O)OC(C)(C)C)C(=O)NCc1cccc(Oc2ccccc2)c1. The smallest absolute Gasteiger partial charge is 0.408 e. The molecule has 1 atom stereocenters. The number of amides is 2. The highest BCUT2D eigenvalue weighted by Gasteiger charge is 2.20. The fourth-order valence-electron chi connectivity index (χ4n) is 2.24. The second kappa shape index (κ2) is 9.07. The fourth-order valence-corrected chi connectivity index (χ4v) is 2.24. The van der Waals surface area contributed by atoms with E-state index in [9.17, 15) is 9.59 Å². The third kappa shape index (κ3) is 7.40. The van der Waals surface area contributed by atoms with Crippen molar-refractivity contribution in [3.8, 4) is 11.5 Å². The average Bonchev–Trinajstić information content (AvgIpc) is 2.59. The van der Waals surface area contributed by atoms with Crippen LogP contribution in [0.15, 0.2) is 54.6 Å². The van der Waals surface area contributed by atoms with Gasteiger partial charge < -0.3 is 20.1 Å². The Morgan fingerprint density at radius 2 is 1.67 bits per heavy atom. The highest BCUT2D eigenvalue weighted by Crippen LogP contribution is 2.21. The lowest BCUT2D eigenvalue weighted by atomic mass is 10.2. The molecule has 2 N–H and O–H groups in total. The molecule has 0 aromatic heterocycles. The third-order valence-electron chi connectivity index (χ3n) is 3.47. The van der Waals surface area contributed by atoms with Crippen molar-refractivity contribution < 1.29 is 19.1 Å². The van der Waals surface area contributed by atoms with Crippen molar-refractivity contribution in [2.24, 2.45) is 0 Å². The predicted octanol–water partition coefficient (Wildman–Crippen LogP) is 4.01. The molecule has 0 saturated heterocycles. The molecule has 0 bridgehead atoms. The van der Waals surface area contributed by atoms with E-state index in [-0.39, 0.29) is 5.91 Å². The normalized spacial score (nSPS) is 12.0. The molecule has 0 unspecified atom stereocenters. The van der Waals surface area contributed by atoms with Gasteiger partial charge in [-0.1, -0.05) is 30.3 Å². The van der Waals surface area contributed by atoms with E-state index in [1.807, 2.05) is 54.6 Å². The maximum atomic E-state index is 12.2. The molecule has 0 aliphatic rings. The van der Waals surface area contributed by atoms with Crippen LogP contribution >= 0.6 is 0 Å². The van der Waals surface area contributed by atoms with E-state index in [0.29, 0.717) is 12.3 Å². The highest BCUT2D eigenvalue weighted by molar-refractivity contribution is 5.85. The summed E-state index contributed by atoms with van der Waals surface area (Å²) in [5.41, 5.74) is 0.278. The van der Waals surface area contributed by atoms with Gasteiger partial charge in [-0.15, -0.1) is 0 Å². The molecule has 2 aromatic rings. The summed E-state index contributed by atoms with van der Waals surface area (Å²) in [6.45, 7) is 7.23. The molecule has 27 heavy (non-hydrogen) atoms. The summed E-state index contributed by atoms with van der Waals surface area (Å²) < 4.78 is 10.9. The molecular formula is C21H26N2O4. The molecule has 0 saturated carbocycles. The summed E-state index contributed by atoms with van der Waals surface area (Å²) in [7, 11) is 0. The van der Waals surface area contributed by atoms with E-state index in [0.717, 1.165) is 11.3 Å². The topological polar surface area (TPSA) is 76.7 Å². The summed E-state index contributed by atoms with van der Waals surface area (Å²) in [5, 5.41) is 5.31. The lowest BCUT2D eigenvalue weighted by Gasteiger charge is -2.21. The van der Waals surface area contributed by atoms with Crippen molar-refractivity contribution in [2.75, 3.05) is 0 Å². The summed E-state index contributed by atoms with van der Waals surface area (Å²) in [5.74, 6) is 1.14. The minimum atomic E-state index is -0.705. The highest BCUT2D eigenvalue weighted by atomic mass is 16.6. The van der Waals surface area contributed by atoms with E-state index in [1.54, 1.807) is 27.7 Å². The Hall–Kier alpha value is -3.02. The summed E-state index contributed by atoms with van der Waals surface area (Å²) in [6.07, 6.45) is -0.622. The van der Waals surface area contributed by atoms with Crippen LogP contribution in [0.25, 0.3) is 0 Å². The standard InChI is InChI=1S/C21H26N2O4/c1-15(23-20(25)27-21(2,3)4)19(24)22-14-16-9-8-12-18(13-16)26-17-10-6-5-7-11-17/h5-13,15H,14H2,1-4H3,(H,22,24)(H,23,25)/t15-/m1/s1. The minimum absolute atomic E-state index is 0.296. The molecule has 2 amide bonds. The van der Waals surface area contributed by atoms with Gasteiger partial charge in [-0.3, -0.25) is 4.79 Å². The minimum Gasteiger partial charge on any atom is -0.457 e. The number of benzene rings is 2. The van der Waals surface area contributed by atoms with Gasteiger partial charge in [0.15, 0.2) is 0 Å². The van der Waals surface area contributed by atoms with Crippen LogP contribution in [0.5, 0.6) is 11.5 Å². The number of ether oxygens (including phenoxy) is 2. The molecule has 0 aliphatic carbocycles. The Balaban J connectivity index is 1.86. The van der Waals surface area contributed by atoms with Gasteiger partial charge in [0, 0.05) is 6.54 Å². The van der Waals surface area contributed by atoms with Crippen molar-refractivity contribution in [2.45, 2.75) is 45.9 Å². The Labute approximate surface area is 159 Å². The van der Waals surface area contributed by atoms with Crippen molar-refractivity contribution in [3.63, 3.8) is 0 Å². The number of carbonyl (C=O) groups is 2. The zero-order valence-electron chi connectivity index (χ0n) is 16.1. The second-order valence-electron chi connectivity index (χ2n) is 7.15. The van der Waals surface area contributed by atoms with Gasteiger partial charge in [0.1, 0.15) is 23.1 Å². The van der Waals surface area contributed by atoms with Gasteiger partial charge >= 0.3 is 6.09 Å². The first-order chi connectivity index (χ1) is 12.7. The van der Waals surface area contributed by atoms with Crippen LogP contribution in [0, 0.1) is 0 Å². The summed E-state index contributed by atoms with van der Waals surface area (Å²) >= 11 is 0. The van der Waals surface area contributed by atoms with Crippen LogP contribution in [0.3, 0.4) is 0 Å². The van der Waals surface area contributed by atoms with Gasteiger partial charge in [-0.2, -0.15) is 0 Å². The molecule has 6 nitrogen and oxygen atoms in total. The van der Waals surface area contributed by atoms with Crippen molar-refractivity contribution in [3.05, 3.63) is 60.2 Å². The number of hydrogen-bond acceptors (Lipinski definition) is 4. The quantitative estimate of drug-likeness (QED) is 0.805. The van der Waals surface area contributed by atoms with Crippen LogP contribution in [-0.2, 0) is 16.1 Å². The molecule has 0 spiro atoms. The summed E-state index contributed by atoms with van der Waals surface area (Å²) in [6, 6.07) is 16.2. The van der Waals surface area contributed by atoms with E-state index in [4.69, 9.17) is 9.47 Å². The van der Waals surface area contributed by atoms with Gasteiger partial charge in [0.05, 0.1) is 0 Å². The molecule has 0 fully saturated rings. The maximum Gasteiger partial charge on any atom is 0.408 e. The summed E-state index contributed by atoms with van der Waals surface area (Å²) in [4.78, 5) is 23.9. The molecule has 6 heteroatoms. The molecular weight excluding hydrogens is 344 g/mol. The number of carbonyl (C=O) groups excluding carboxylic acids is 2. The number of alkyl carbamates (subject to hydrolysis) is 1. The first kappa shape index (κ1) is 20.3. The number of nitrogens with one attached hydrogen (secondary N) is 2. The Morgan fingerprint density at radius 3 is 2.33 bits per heavy atom. The van der Waals surface area contributed by atoms with Crippen molar-refractivity contribution >= 4 is 12.0 Å². The first-order valence-electron chi connectivity index (χ1n) is 8.82. The lowest BCUT2D eigenvalue weighted by Crippen LogP contribution is -2.46. The van der Waals surface area contributed by atoms with E-state index < -0.39 is 17.7 Å². The Kier molecular flexibility index (Phi) is 6.82. The number of para-hydroxylation sites is 1. The molecule has 2 rings (SSSR count). The molecule has 0 radical (unpaired) electrons. The van der Waals surface area contributed by atoms with E-state index in [2.05, 4.69) is 10.6 Å². The Morgan fingerprint density at radius 1 is 1.00 bits per heavy atom. The van der Waals surface area contributed by atoms with Crippen LogP contribution in [-0.4, -0.2) is 23.6 Å². The number of rotatable bonds is 6. The number of hydrogen-bond donors (Lipinski definition) is 2. The van der Waals surface area contributed by atoms with E-state index in [1.165, 1.54) is 0 Å². The van der Waals surface area contributed by atoms with Gasteiger partial charge in [-0.25, -0.2) is 4.79 Å². The van der Waals surface area contributed by atoms with Gasteiger partial charge in [0.25, 0.3) is 0 Å². The van der Waals surface area contributed by atoms with Crippen molar-refractivity contribution in [1.82, 2.24) is 10.6 Å². The molecule has 2 aromatic carbocycles. The lowest BCUT2D eigenvalue weighted by molar-refractivity contribution is -0.122. The molecule has 0 aliphatic heterocycles.